The van der Waals surface area contributed by atoms with E-state index in [2.05, 4.69) is 0 Å². The fourth-order valence-electron chi connectivity index (χ4n) is 2.58. The van der Waals surface area contributed by atoms with Crippen LogP contribution in [0.1, 0.15) is 19.3 Å². The number of carboxylic acid groups (broad SMARTS) is 1. The number of ether oxygens (including phenoxy) is 1. The Labute approximate surface area is 101 Å². The van der Waals surface area contributed by atoms with E-state index in [1.54, 1.807) is 11.9 Å². The van der Waals surface area contributed by atoms with E-state index >= 15 is 0 Å². The first-order valence-electron chi connectivity index (χ1n) is 6.15. The van der Waals surface area contributed by atoms with Crippen LogP contribution in [0.15, 0.2) is 0 Å². The van der Waals surface area contributed by atoms with Crippen molar-refractivity contribution >= 4 is 11.9 Å². The SMILES string of the molecule is CN(CC1CCOC1)C(=O)C1CCC1C(=O)O. The highest BCUT2D eigenvalue weighted by Gasteiger charge is 2.42. The largest absolute Gasteiger partial charge is 0.481 e. The Hall–Kier alpha value is -1.10. The van der Waals surface area contributed by atoms with Crippen LogP contribution in [-0.2, 0) is 14.3 Å². The van der Waals surface area contributed by atoms with Crippen LogP contribution in [0.3, 0.4) is 0 Å². The first-order valence-corrected chi connectivity index (χ1v) is 6.15. The number of carbonyl (C=O) groups is 2. The zero-order valence-corrected chi connectivity index (χ0v) is 10.1. The third kappa shape index (κ3) is 2.60. The number of carboxylic acids is 1. The highest BCUT2D eigenvalue weighted by Crippen LogP contribution is 2.35. The van der Waals surface area contributed by atoms with Crippen molar-refractivity contribution < 1.29 is 19.4 Å². The Kier molecular flexibility index (Phi) is 3.66. The van der Waals surface area contributed by atoms with Crippen molar-refractivity contribution in [1.82, 2.24) is 4.90 Å². The van der Waals surface area contributed by atoms with Crippen LogP contribution < -0.4 is 0 Å². The Balaban J connectivity index is 1.84. The zero-order chi connectivity index (χ0) is 12.4. The van der Waals surface area contributed by atoms with Gasteiger partial charge in [-0.1, -0.05) is 0 Å². The maximum absolute atomic E-state index is 12.0. The lowest BCUT2D eigenvalue weighted by Crippen LogP contribution is -2.46. The van der Waals surface area contributed by atoms with Gasteiger partial charge in [0.1, 0.15) is 0 Å². The summed E-state index contributed by atoms with van der Waals surface area (Å²) in [6, 6.07) is 0. The average Bonchev–Trinajstić information content (AvgIpc) is 2.67. The maximum Gasteiger partial charge on any atom is 0.307 e. The van der Waals surface area contributed by atoms with Gasteiger partial charge < -0.3 is 14.7 Å². The number of hydrogen-bond donors (Lipinski definition) is 1. The summed E-state index contributed by atoms with van der Waals surface area (Å²) in [6.45, 7) is 2.17. The topological polar surface area (TPSA) is 66.8 Å². The van der Waals surface area contributed by atoms with Crippen molar-refractivity contribution in [1.29, 1.82) is 0 Å². The molecule has 0 aromatic rings. The minimum Gasteiger partial charge on any atom is -0.481 e. The third-order valence-corrected chi connectivity index (χ3v) is 3.84. The summed E-state index contributed by atoms with van der Waals surface area (Å²) in [7, 11) is 1.76. The molecule has 2 fully saturated rings. The smallest absolute Gasteiger partial charge is 0.307 e. The van der Waals surface area contributed by atoms with E-state index in [9.17, 15) is 9.59 Å². The molecule has 0 bridgehead atoms. The van der Waals surface area contributed by atoms with Gasteiger partial charge >= 0.3 is 5.97 Å². The summed E-state index contributed by atoms with van der Waals surface area (Å²) >= 11 is 0. The van der Waals surface area contributed by atoms with Gasteiger partial charge in [0.15, 0.2) is 0 Å². The van der Waals surface area contributed by atoms with Crippen molar-refractivity contribution in [2.75, 3.05) is 26.8 Å². The van der Waals surface area contributed by atoms with E-state index in [4.69, 9.17) is 9.84 Å². The number of hydrogen-bond acceptors (Lipinski definition) is 3. The van der Waals surface area contributed by atoms with Crippen LogP contribution >= 0.6 is 0 Å². The highest BCUT2D eigenvalue weighted by molar-refractivity contribution is 5.86. The van der Waals surface area contributed by atoms with Gasteiger partial charge in [-0.2, -0.15) is 0 Å². The predicted molar refractivity (Wildman–Crippen MR) is 60.4 cm³/mol. The molecule has 5 nitrogen and oxygen atoms in total. The molecule has 3 atom stereocenters. The summed E-state index contributed by atoms with van der Waals surface area (Å²) < 4.78 is 5.27. The molecule has 0 aromatic heterocycles. The van der Waals surface area contributed by atoms with Gasteiger partial charge in [-0.15, -0.1) is 0 Å². The monoisotopic (exact) mass is 241 g/mol. The van der Waals surface area contributed by atoms with Crippen molar-refractivity contribution in [2.45, 2.75) is 19.3 Å². The molecule has 1 saturated heterocycles. The second-order valence-corrected chi connectivity index (χ2v) is 5.08. The number of rotatable bonds is 4. The molecule has 1 heterocycles. The Bertz CT molecular complexity index is 312. The summed E-state index contributed by atoms with van der Waals surface area (Å²) in [4.78, 5) is 24.6. The average molecular weight is 241 g/mol. The van der Waals surface area contributed by atoms with E-state index in [0.29, 0.717) is 31.9 Å². The van der Waals surface area contributed by atoms with Crippen LogP contribution in [0.2, 0.25) is 0 Å². The Morgan fingerprint density at radius 3 is 2.47 bits per heavy atom. The van der Waals surface area contributed by atoms with Crippen molar-refractivity contribution in [3.8, 4) is 0 Å². The molecule has 2 aliphatic rings. The maximum atomic E-state index is 12.0. The first-order chi connectivity index (χ1) is 8.09. The molecule has 1 saturated carbocycles. The van der Waals surface area contributed by atoms with Crippen LogP contribution in [0.5, 0.6) is 0 Å². The molecule has 5 heteroatoms. The molecular weight excluding hydrogens is 222 g/mol. The van der Waals surface area contributed by atoms with Crippen LogP contribution in [0.25, 0.3) is 0 Å². The molecule has 1 aliphatic carbocycles. The first kappa shape index (κ1) is 12.4. The molecule has 1 amide bonds. The molecule has 2 rings (SSSR count). The van der Waals surface area contributed by atoms with Gasteiger partial charge in [-0.25, -0.2) is 0 Å². The lowest BCUT2D eigenvalue weighted by molar-refractivity contribution is -0.156. The van der Waals surface area contributed by atoms with Gasteiger partial charge in [0.05, 0.1) is 18.4 Å². The van der Waals surface area contributed by atoms with E-state index in [0.717, 1.165) is 13.0 Å². The molecule has 17 heavy (non-hydrogen) atoms. The molecule has 96 valence electrons. The lowest BCUT2D eigenvalue weighted by Gasteiger charge is -2.35. The molecule has 1 aliphatic heterocycles. The Morgan fingerprint density at radius 1 is 1.29 bits per heavy atom. The summed E-state index contributed by atoms with van der Waals surface area (Å²) in [5, 5.41) is 8.93. The minimum absolute atomic E-state index is 0.0180. The van der Waals surface area contributed by atoms with E-state index in [1.807, 2.05) is 0 Å². The van der Waals surface area contributed by atoms with Gasteiger partial charge in [0.2, 0.25) is 5.91 Å². The quantitative estimate of drug-likeness (QED) is 0.782. The van der Waals surface area contributed by atoms with Crippen molar-refractivity contribution in [3.63, 3.8) is 0 Å². The molecule has 3 unspecified atom stereocenters. The normalized spacial score (nSPS) is 31.9. The number of carbonyl (C=O) groups excluding carboxylic acids is 1. The Morgan fingerprint density at radius 2 is 2.00 bits per heavy atom. The summed E-state index contributed by atoms with van der Waals surface area (Å²) in [6.07, 6.45) is 2.33. The molecular formula is C12H19NO4. The van der Waals surface area contributed by atoms with Gasteiger partial charge in [0.25, 0.3) is 0 Å². The number of nitrogens with zero attached hydrogens (tertiary/aromatic N) is 1. The van der Waals surface area contributed by atoms with Crippen molar-refractivity contribution in [3.05, 3.63) is 0 Å². The molecule has 0 spiro atoms. The van der Waals surface area contributed by atoms with E-state index in [1.165, 1.54) is 0 Å². The summed E-state index contributed by atoms with van der Waals surface area (Å²) in [5.74, 6) is -1.22. The van der Waals surface area contributed by atoms with E-state index < -0.39 is 11.9 Å². The molecule has 0 radical (unpaired) electrons. The fraction of sp³-hybridized carbons (Fsp3) is 0.833. The second-order valence-electron chi connectivity index (χ2n) is 5.08. The van der Waals surface area contributed by atoms with E-state index in [-0.39, 0.29) is 11.8 Å². The number of aliphatic carboxylic acids is 1. The third-order valence-electron chi connectivity index (χ3n) is 3.84. The predicted octanol–water partition coefficient (Wildman–Crippen LogP) is 0.592. The standard InChI is InChI=1S/C12H19NO4/c1-13(6-8-4-5-17-7-8)11(14)9-2-3-10(9)12(15)16/h8-10H,2-7H2,1H3,(H,15,16). The van der Waals surface area contributed by atoms with Gasteiger partial charge in [-0.3, -0.25) is 9.59 Å². The summed E-state index contributed by atoms with van der Waals surface area (Å²) in [5.41, 5.74) is 0. The highest BCUT2D eigenvalue weighted by atomic mass is 16.5. The fourth-order valence-corrected chi connectivity index (χ4v) is 2.58. The van der Waals surface area contributed by atoms with Gasteiger partial charge in [0, 0.05) is 26.1 Å². The minimum atomic E-state index is -0.841. The number of amides is 1. The van der Waals surface area contributed by atoms with Crippen LogP contribution in [0, 0.1) is 17.8 Å². The van der Waals surface area contributed by atoms with Crippen LogP contribution in [-0.4, -0.2) is 48.7 Å². The van der Waals surface area contributed by atoms with Gasteiger partial charge in [-0.05, 0) is 19.3 Å². The van der Waals surface area contributed by atoms with Crippen LogP contribution in [0.4, 0.5) is 0 Å². The second kappa shape index (κ2) is 5.04. The molecule has 1 N–H and O–H groups in total. The zero-order valence-electron chi connectivity index (χ0n) is 10.1. The lowest BCUT2D eigenvalue weighted by atomic mass is 9.73. The van der Waals surface area contributed by atoms with Crippen molar-refractivity contribution in [2.24, 2.45) is 17.8 Å². The molecule has 0 aromatic carbocycles.